The number of benzene rings is 1. The number of piperidine rings is 1. The van der Waals surface area contributed by atoms with Crippen LogP contribution in [0.5, 0.6) is 5.75 Å². The molecule has 1 aromatic carbocycles. The van der Waals surface area contributed by atoms with Gasteiger partial charge >= 0.3 is 0 Å². The van der Waals surface area contributed by atoms with Crippen molar-refractivity contribution in [2.24, 2.45) is 0 Å². The molecule has 144 valence electrons. The molecular formula is C20H25ClN4O2. The first-order valence-corrected chi connectivity index (χ1v) is 9.66. The Hall–Kier alpha value is -2.34. The highest BCUT2D eigenvalue weighted by molar-refractivity contribution is 6.32. The average Bonchev–Trinajstić information content (AvgIpc) is 2.67. The lowest BCUT2D eigenvalue weighted by Crippen LogP contribution is -2.40. The predicted molar refractivity (Wildman–Crippen MR) is 108 cm³/mol. The van der Waals surface area contributed by atoms with Gasteiger partial charge in [0.25, 0.3) is 5.91 Å². The smallest absolute Gasteiger partial charge is 0.274 e. The van der Waals surface area contributed by atoms with Crippen LogP contribution in [0.25, 0.3) is 0 Å². The minimum Gasteiger partial charge on any atom is -0.495 e. The Kier molecular flexibility index (Phi) is 6.16. The fraction of sp³-hybridized carbons (Fsp3) is 0.450. The average molecular weight is 389 g/mol. The maximum absolute atomic E-state index is 12.7. The van der Waals surface area contributed by atoms with E-state index in [1.807, 2.05) is 6.92 Å². The Bertz CT molecular complexity index is 828. The molecule has 3 rings (SSSR count). The van der Waals surface area contributed by atoms with Crippen LogP contribution in [0, 0.1) is 6.92 Å². The number of aromatic nitrogens is 2. The summed E-state index contributed by atoms with van der Waals surface area (Å²) in [5, 5.41) is 3.28. The number of nitrogens with zero attached hydrogens (tertiary/aromatic N) is 3. The number of carbonyl (C=O) groups excluding carboxylic acids is 1. The SMILES string of the molecule is CCC1CCCCN1c1nc(C)cc(C(=O)Nc2ccc(OC)c(Cl)c2)n1. The molecule has 1 amide bonds. The standard InChI is InChI=1S/C20H25ClN4O2/c1-4-15-7-5-6-10-25(15)20-22-13(2)11-17(24-20)19(26)23-14-8-9-18(27-3)16(21)12-14/h8-9,11-12,15H,4-7,10H2,1-3H3,(H,23,26). The van der Waals surface area contributed by atoms with Crippen LogP contribution < -0.4 is 15.0 Å². The number of amides is 1. The van der Waals surface area contributed by atoms with E-state index >= 15 is 0 Å². The molecule has 1 atom stereocenters. The number of ether oxygens (including phenoxy) is 1. The van der Waals surface area contributed by atoms with Gasteiger partial charge in [-0.1, -0.05) is 18.5 Å². The van der Waals surface area contributed by atoms with E-state index in [1.165, 1.54) is 6.42 Å². The molecule has 0 radical (unpaired) electrons. The van der Waals surface area contributed by atoms with Crippen molar-refractivity contribution < 1.29 is 9.53 Å². The molecule has 2 aromatic rings. The van der Waals surface area contributed by atoms with Gasteiger partial charge in [0.05, 0.1) is 12.1 Å². The molecule has 7 heteroatoms. The lowest BCUT2D eigenvalue weighted by Gasteiger charge is -2.35. The van der Waals surface area contributed by atoms with Crippen molar-refractivity contribution in [1.82, 2.24) is 9.97 Å². The molecule has 1 N–H and O–H groups in total. The van der Waals surface area contributed by atoms with Crippen molar-refractivity contribution in [3.05, 3.63) is 40.7 Å². The van der Waals surface area contributed by atoms with Crippen LogP contribution in [-0.4, -0.2) is 35.6 Å². The molecule has 27 heavy (non-hydrogen) atoms. The van der Waals surface area contributed by atoms with Crippen LogP contribution in [0.4, 0.5) is 11.6 Å². The summed E-state index contributed by atoms with van der Waals surface area (Å²) in [6.45, 7) is 4.99. The fourth-order valence-corrected chi connectivity index (χ4v) is 3.68. The van der Waals surface area contributed by atoms with Gasteiger partial charge in [-0.2, -0.15) is 0 Å². The summed E-state index contributed by atoms with van der Waals surface area (Å²) >= 11 is 6.13. The second-order valence-electron chi connectivity index (χ2n) is 6.75. The summed E-state index contributed by atoms with van der Waals surface area (Å²) in [6, 6.07) is 7.25. The second kappa shape index (κ2) is 8.57. The predicted octanol–water partition coefficient (Wildman–Crippen LogP) is 4.47. The largest absolute Gasteiger partial charge is 0.495 e. The zero-order valence-corrected chi connectivity index (χ0v) is 16.7. The minimum absolute atomic E-state index is 0.284. The topological polar surface area (TPSA) is 67.4 Å². The van der Waals surface area contributed by atoms with Gasteiger partial charge in [0, 0.05) is 24.0 Å². The highest BCUT2D eigenvalue weighted by Crippen LogP contribution is 2.28. The molecule has 2 heterocycles. The third-order valence-corrected chi connectivity index (χ3v) is 5.14. The van der Waals surface area contributed by atoms with Crippen molar-refractivity contribution in [3.63, 3.8) is 0 Å². The molecule has 1 fully saturated rings. The van der Waals surface area contributed by atoms with Crippen LogP contribution >= 0.6 is 11.6 Å². The lowest BCUT2D eigenvalue weighted by atomic mass is 10.0. The summed E-state index contributed by atoms with van der Waals surface area (Å²) < 4.78 is 5.14. The highest BCUT2D eigenvalue weighted by Gasteiger charge is 2.24. The van der Waals surface area contributed by atoms with Crippen molar-refractivity contribution in [1.29, 1.82) is 0 Å². The van der Waals surface area contributed by atoms with Crippen molar-refractivity contribution in [2.45, 2.75) is 45.6 Å². The second-order valence-corrected chi connectivity index (χ2v) is 7.16. The quantitative estimate of drug-likeness (QED) is 0.818. The van der Waals surface area contributed by atoms with E-state index in [2.05, 4.69) is 27.1 Å². The van der Waals surface area contributed by atoms with Crippen LogP contribution in [0.3, 0.4) is 0 Å². The van der Waals surface area contributed by atoms with Gasteiger partial charge in [0.2, 0.25) is 5.95 Å². The Labute approximate surface area is 164 Å². The van der Waals surface area contributed by atoms with Gasteiger partial charge in [0.1, 0.15) is 11.4 Å². The number of nitrogens with one attached hydrogen (secondary N) is 1. The van der Waals surface area contributed by atoms with E-state index in [4.69, 9.17) is 16.3 Å². The maximum Gasteiger partial charge on any atom is 0.274 e. The molecule has 0 spiro atoms. The summed E-state index contributed by atoms with van der Waals surface area (Å²) in [4.78, 5) is 24.1. The van der Waals surface area contributed by atoms with Gasteiger partial charge in [-0.3, -0.25) is 4.79 Å². The molecule has 0 bridgehead atoms. The van der Waals surface area contributed by atoms with E-state index in [0.717, 1.165) is 31.5 Å². The monoisotopic (exact) mass is 388 g/mol. The van der Waals surface area contributed by atoms with Crippen LogP contribution in [-0.2, 0) is 0 Å². The Balaban J connectivity index is 1.82. The molecule has 0 aliphatic carbocycles. The Morgan fingerprint density at radius 2 is 2.15 bits per heavy atom. The molecule has 1 saturated heterocycles. The van der Waals surface area contributed by atoms with Crippen LogP contribution in [0.15, 0.2) is 24.3 Å². The van der Waals surface area contributed by atoms with Gasteiger partial charge < -0.3 is 15.0 Å². The zero-order chi connectivity index (χ0) is 19.4. The van der Waals surface area contributed by atoms with Crippen molar-refractivity contribution in [3.8, 4) is 5.75 Å². The summed E-state index contributed by atoms with van der Waals surface area (Å²) in [5.41, 5.74) is 1.72. The molecule has 0 saturated carbocycles. The first-order valence-electron chi connectivity index (χ1n) is 9.29. The first kappa shape index (κ1) is 19.4. The van der Waals surface area contributed by atoms with Crippen molar-refractivity contribution in [2.75, 3.05) is 23.9 Å². The number of hydrogen-bond donors (Lipinski definition) is 1. The third kappa shape index (κ3) is 4.50. The van der Waals surface area contributed by atoms with Gasteiger partial charge in [-0.15, -0.1) is 0 Å². The normalized spacial score (nSPS) is 16.9. The highest BCUT2D eigenvalue weighted by atomic mass is 35.5. The Morgan fingerprint density at radius 1 is 1.33 bits per heavy atom. The summed E-state index contributed by atoms with van der Waals surface area (Å²) in [5.74, 6) is 0.915. The minimum atomic E-state index is -0.284. The number of aryl methyl sites for hydroxylation is 1. The lowest BCUT2D eigenvalue weighted by molar-refractivity contribution is 0.102. The van der Waals surface area contributed by atoms with Gasteiger partial charge in [0.15, 0.2) is 0 Å². The number of hydrogen-bond acceptors (Lipinski definition) is 5. The van der Waals surface area contributed by atoms with Gasteiger partial charge in [-0.25, -0.2) is 9.97 Å². The number of methoxy groups -OCH3 is 1. The summed E-state index contributed by atoms with van der Waals surface area (Å²) in [7, 11) is 1.55. The van der Waals surface area contributed by atoms with Gasteiger partial charge in [-0.05, 0) is 56.9 Å². The summed E-state index contributed by atoms with van der Waals surface area (Å²) in [6.07, 6.45) is 4.54. The number of rotatable bonds is 5. The molecule has 1 unspecified atom stereocenters. The third-order valence-electron chi connectivity index (χ3n) is 4.84. The number of carbonyl (C=O) groups is 1. The maximum atomic E-state index is 12.7. The molecule has 1 aliphatic rings. The first-order chi connectivity index (χ1) is 13.0. The number of anilines is 2. The van der Waals surface area contributed by atoms with Crippen LogP contribution in [0.1, 0.15) is 48.8 Å². The molecular weight excluding hydrogens is 364 g/mol. The van der Waals surface area contributed by atoms with E-state index in [-0.39, 0.29) is 5.91 Å². The number of halogens is 1. The van der Waals surface area contributed by atoms with E-state index in [0.29, 0.717) is 34.1 Å². The van der Waals surface area contributed by atoms with Crippen molar-refractivity contribution >= 4 is 29.1 Å². The van der Waals surface area contributed by atoms with E-state index < -0.39 is 0 Å². The van der Waals surface area contributed by atoms with E-state index in [1.54, 1.807) is 31.4 Å². The molecule has 1 aromatic heterocycles. The Morgan fingerprint density at radius 3 is 2.85 bits per heavy atom. The molecule has 1 aliphatic heterocycles. The fourth-order valence-electron chi connectivity index (χ4n) is 3.43. The zero-order valence-electron chi connectivity index (χ0n) is 16.0. The molecule has 6 nitrogen and oxygen atoms in total. The van der Waals surface area contributed by atoms with E-state index in [9.17, 15) is 4.79 Å². The van der Waals surface area contributed by atoms with Crippen LogP contribution in [0.2, 0.25) is 5.02 Å².